The van der Waals surface area contributed by atoms with E-state index in [4.69, 9.17) is 4.74 Å². The molecule has 1 aliphatic rings. The smallest absolute Gasteiger partial charge is 0.268 e. The van der Waals surface area contributed by atoms with Gasteiger partial charge in [-0.1, -0.05) is 48.5 Å². The van der Waals surface area contributed by atoms with E-state index in [9.17, 15) is 9.59 Å². The second-order valence-corrected chi connectivity index (χ2v) is 6.70. The molecule has 3 rings (SSSR count). The number of rotatable bonds is 7. The van der Waals surface area contributed by atoms with E-state index in [1.807, 2.05) is 30.3 Å². The standard InChI is InChI=1S/C21H19NO3S/c1-3-13-22-20(23)18(16-9-11-17(25-2)12-10-16)19(21(22)24)26-14-15-7-5-4-6-8-15/h3-12H,1,13-14H2,2H3. The Hall–Kier alpha value is -2.79. The van der Waals surface area contributed by atoms with Crippen LogP contribution in [0.25, 0.3) is 5.57 Å². The van der Waals surface area contributed by atoms with Gasteiger partial charge in [0.15, 0.2) is 0 Å². The quantitative estimate of drug-likeness (QED) is 0.552. The van der Waals surface area contributed by atoms with Crippen LogP contribution in [0.4, 0.5) is 0 Å². The lowest BCUT2D eigenvalue weighted by atomic mass is 10.1. The monoisotopic (exact) mass is 365 g/mol. The van der Waals surface area contributed by atoms with Crippen molar-refractivity contribution in [2.24, 2.45) is 0 Å². The Morgan fingerprint density at radius 2 is 1.73 bits per heavy atom. The van der Waals surface area contributed by atoms with E-state index in [0.717, 1.165) is 5.56 Å². The molecular formula is C21H19NO3S. The molecule has 132 valence electrons. The van der Waals surface area contributed by atoms with Gasteiger partial charge >= 0.3 is 0 Å². The van der Waals surface area contributed by atoms with Gasteiger partial charge in [-0.25, -0.2) is 0 Å². The predicted octanol–water partition coefficient (Wildman–Crippen LogP) is 3.89. The van der Waals surface area contributed by atoms with Crippen LogP contribution < -0.4 is 4.74 Å². The first-order valence-electron chi connectivity index (χ1n) is 8.18. The molecule has 0 aliphatic carbocycles. The third-order valence-electron chi connectivity index (χ3n) is 4.04. The second-order valence-electron chi connectivity index (χ2n) is 5.72. The van der Waals surface area contributed by atoms with Crippen molar-refractivity contribution in [1.82, 2.24) is 4.90 Å². The molecule has 0 saturated carbocycles. The summed E-state index contributed by atoms with van der Waals surface area (Å²) in [6.07, 6.45) is 1.56. The molecule has 2 aromatic rings. The fourth-order valence-corrected chi connectivity index (χ4v) is 3.81. The molecular weight excluding hydrogens is 346 g/mol. The summed E-state index contributed by atoms with van der Waals surface area (Å²) in [5.41, 5.74) is 2.26. The highest BCUT2D eigenvalue weighted by Gasteiger charge is 2.38. The first-order chi connectivity index (χ1) is 12.7. The highest BCUT2D eigenvalue weighted by Crippen LogP contribution is 2.37. The van der Waals surface area contributed by atoms with Crippen molar-refractivity contribution in [2.45, 2.75) is 5.75 Å². The topological polar surface area (TPSA) is 46.6 Å². The van der Waals surface area contributed by atoms with Crippen molar-refractivity contribution >= 4 is 29.1 Å². The van der Waals surface area contributed by atoms with Crippen molar-refractivity contribution in [2.75, 3.05) is 13.7 Å². The van der Waals surface area contributed by atoms with Crippen molar-refractivity contribution in [3.05, 3.63) is 83.3 Å². The average Bonchev–Trinajstić information content (AvgIpc) is 2.92. The zero-order valence-electron chi connectivity index (χ0n) is 14.5. The van der Waals surface area contributed by atoms with Crippen LogP contribution in [-0.2, 0) is 15.3 Å². The summed E-state index contributed by atoms with van der Waals surface area (Å²) in [6.45, 7) is 3.85. The van der Waals surface area contributed by atoms with Crippen molar-refractivity contribution in [3.63, 3.8) is 0 Å². The number of thioether (sulfide) groups is 1. The number of hydrogen-bond acceptors (Lipinski definition) is 4. The molecule has 0 radical (unpaired) electrons. The predicted molar refractivity (Wildman–Crippen MR) is 105 cm³/mol. The van der Waals surface area contributed by atoms with Gasteiger partial charge in [0.05, 0.1) is 17.6 Å². The Morgan fingerprint density at radius 3 is 2.35 bits per heavy atom. The molecule has 0 bridgehead atoms. The molecule has 2 amide bonds. The molecule has 0 aromatic heterocycles. The van der Waals surface area contributed by atoms with Crippen LogP contribution >= 0.6 is 11.8 Å². The number of benzene rings is 2. The van der Waals surface area contributed by atoms with E-state index in [0.29, 0.717) is 27.5 Å². The number of nitrogens with zero attached hydrogens (tertiary/aromatic N) is 1. The van der Waals surface area contributed by atoms with E-state index in [1.54, 1.807) is 37.5 Å². The summed E-state index contributed by atoms with van der Waals surface area (Å²) >= 11 is 1.39. The third-order valence-corrected chi connectivity index (χ3v) is 5.19. The molecule has 0 saturated heterocycles. The molecule has 4 nitrogen and oxygen atoms in total. The largest absolute Gasteiger partial charge is 0.497 e. The van der Waals surface area contributed by atoms with Crippen molar-refractivity contribution in [3.8, 4) is 5.75 Å². The van der Waals surface area contributed by atoms with Gasteiger partial charge < -0.3 is 4.74 Å². The van der Waals surface area contributed by atoms with E-state index in [1.165, 1.54) is 16.7 Å². The summed E-state index contributed by atoms with van der Waals surface area (Å²) in [7, 11) is 1.59. The van der Waals surface area contributed by atoms with Crippen LogP contribution in [-0.4, -0.2) is 30.4 Å². The zero-order valence-corrected chi connectivity index (χ0v) is 15.3. The number of imide groups is 1. The molecule has 0 atom stereocenters. The summed E-state index contributed by atoms with van der Waals surface area (Å²) in [6, 6.07) is 17.1. The number of carbonyl (C=O) groups is 2. The summed E-state index contributed by atoms with van der Waals surface area (Å²) in [5.74, 6) is 0.779. The zero-order chi connectivity index (χ0) is 18.5. The summed E-state index contributed by atoms with van der Waals surface area (Å²) in [4.78, 5) is 27.3. The van der Waals surface area contributed by atoms with Crippen LogP contribution in [0.3, 0.4) is 0 Å². The molecule has 5 heteroatoms. The molecule has 0 N–H and O–H groups in total. The van der Waals surface area contributed by atoms with Gasteiger partial charge in [-0.15, -0.1) is 18.3 Å². The number of carbonyl (C=O) groups excluding carboxylic acids is 2. The molecule has 0 unspecified atom stereocenters. The number of ether oxygens (including phenoxy) is 1. The maximum absolute atomic E-state index is 12.8. The van der Waals surface area contributed by atoms with Crippen LogP contribution in [0.2, 0.25) is 0 Å². The van der Waals surface area contributed by atoms with Gasteiger partial charge in [-0.2, -0.15) is 0 Å². The van der Waals surface area contributed by atoms with E-state index in [-0.39, 0.29) is 18.4 Å². The lowest BCUT2D eigenvalue weighted by Gasteiger charge is -2.12. The lowest BCUT2D eigenvalue weighted by molar-refractivity contribution is -0.135. The molecule has 26 heavy (non-hydrogen) atoms. The van der Waals surface area contributed by atoms with Crippen LogP contribution in [0.15, 0.2) is 72.2 Å². The highest BCUT2D eigenvalue weighted by molar-refractivity contribution is 8.03. The Labute approximate surface area is 157 Å². The first kappa shape index (κ1) is 18.0. The highest BCUT2D eigenvalue weighted by atomic mass is 32.2. The third kappa shape index (κ3) is 3.58. The average molecular weight is 365 g/mol. The van der Waals surface area contributed by atoms with Gasteiger partial charge in [0.2, 0.25) is 0 Å². The van der Waals surface area contributed by atoms with Crippen molar-refractivity contribution in [1.29, 1.82) is 0 Å². The lowest BCUT2D eigenvalue weighted by Crippen LogP contribution is -2.31. The normalized spacial score (nSPS) is 14.1. The Balaban J connectivity index is 1.96. The van der Waals surface area contributed by atoms with E-state index < -0.39 is 0 Å². The van der Waals surface area contributed by atoms with Gasteiger partial charge in [-0.05, 0) is 23.3 Å². The Kier molecular flexibility index (Phi) is 5.58. The minimum atomic E-state index is -0.282. The maximum atomic E-state index is 12.8. The minimum absolute atomic E-state index is 0.201. The molecule has 0 fully saturated rings. The van der Waals surface area contributed by atoms with Gasteiger partial charge in [0.1, 0.15) is 5.75 Å². The van der Waals surface area contributed by atoms with Crippen LogP contribution in [0, 0.1) is 0 Å². The van der Waals surface area contributed by atoms with Crippen LogP contribution in [0.1, 0.15) is 11.1 Å². The number of hydrogen-bond donors (Lipinski definition) is 0. The minimum Gasteiger partial charge on any atom is -0.497 e. The number of methoxy groups -OCH3 is 1. The van der Waals surface area contributed by atoms with Crippen molar-refractivity contribution < 1.29 is 14.3 Å². The second kappa shape index (κ2) is 8.06. The maximum Gasteiger partial charge on any atom is 0.268 e. The Bertz CT molecular complexity index is 857. The molecule has 2 aromatic carbocycles. The van der Waals surface area contributed by atoms with Gasteiger partial charge in [0, 0.05) is 12.3 Å². The fourth-order valence-electron chi connectivity index (χ4n) is 2.72. The Morgan fingerprint density at radius 1 is 1.04 bits per heavy atom. The fraction of sp³-hybridized carbons (Fsp3) is 0.143. The van der Waals surface area contributed by atoms with Gasteiger partial charge in [-0.3, -0.25) is 14.5 Å². The summed E-state index contributed by atoms with van der Waals surface area (Å²) < 4.78 is 5.17. The molecule has 1 aliphatic heterocycles. The van der Waals surface area contributed by atoms with Gasteiger partial charge in [0.25, 0.3) is 11.8 Å². The molecule has 0 spiro atoms. The SMILES string of the molecule is C=CCN1C(=O)C(SCc2ccccc2)=C(c2ccc(OC)cc2)C1=O. The van der Waals surface area contributed by atoms with Crippen LogP contribution in [0.5, 0.6) is 5.75 Å². The molecule has 1 heterocycles. The summed E-state index contributed by atoms with van der Waals surface area (Å²) in [5, 5.41) is 0. The number of amides is 2. The van der Waals surface area contributed by atoms with E-state index in [2.05, 4.69) is 6.58 Å². The van der Waals surface area contributed by atoms with E-state index >= 15 is 0 Å². The first-order valence-corrected chi connectivity index (χ1v) is 9.16.